The number of halogens is 2. The van der Waals surface area contributed by atoms with E-state index < -0.39 is 12.4 Å². The quantitative estimate of drug-likeness (QED) is 0.838. The van der Waals surface area contributed by atoms with Crippen molar-refractivity contribution >= 4 is 11.8 Å². The molecule has 1 aliphatic heterocycles. The Morgan fingerprint density at radius 3 is 2.57 bits per heavy atom. The number of nitrogens with zero attached hydrogens (tertiary/aromatic N) is 5. The largest absolute Gasteiger partial charge is 0.481 e. The third-order valence-electron chi connectivity index (χ3n) is 5.55. The molecule has 0 unspecified atom stereocenters. The maximum atomic E-state index is 13.7. The van der Waals surface area contributed by atoms with Gasteiger partial charge in [0.2, 0.25) is 0 Å². The van der Waals surface area contributed by atoms with Crippen LogP contribution in [0.1, 0.15) is 43.8 Å². The summed E-state index contributed by atoms with van der Waals surface area (Å²) >= 11 is 0. The van der Waals surface area contributed by atoms with E-state index in [2.05, 4.69) is 15.1 Å². The molecule has 0 aromatic carbocycles. The normalized spacial score (nSPS) is 23.3. The van der Waals surface area contributed by atoms with E-state index in [1.807, 2.05) is 0 Å². The van der Waals surface area contributed by atoms with Crippen molar-refractivity contribution in [3.8, 4) is 5.69 Å². The Hall–Kier alpha value is -2.49. The number of hydrogen-bond donors (Lipinski definition) is 1. The van der Waals surface area contributed by atoms with Crippen molar-refractivity contribution in [2.45, 2.75) is 38.2 Å². The Balaban J connectivity index is 1.62. The van der Waals surface area contributed by atoms with Crippen LogP contribution in [0.4, 0.5) is 14.6 Å². The molecule has 3 heterocycles. The maximum Gasteiger partial charge on any atom is 0.306 e. The molecule has 0 spiro atoms. The minimum atomic E-state index is -2.73. The molecule has 2 aromatic rings. The van der Waals surface area contributed by atoms with Gasteiger partial charge in [0.25, 0.3) is 6.43 Å². The molecule has 2 fully saturated rings. The standard InChI is InChI=1S/C18H23F2N5O3/c19-17(20)16-14(25-15(5-6-21-25)23-7-9-28-10-8-23)11-24(22-16)13-3-1-12(2-4-13)18(26)27/h5-6,11-13,17H,1-4,7-10H2,(H,26,27). The van der Waals surface area contributed by atoms with E-state index >= 15 is 0 Å². The zero-order valence-corrected chi connectivity index (χ0v) is 15.4. The van der Waals surface area contributed by atoms with Gasteiger partial charge in [-0.2, -0.15) is 10.2 Å². The van der Waals surface area contributed by atoms with Crippen LogP contribution in [0.15, 0.2) is 18.5 Å². The average Bonchev–Trinajstić information content (AvgIpc) is 3.36. The Morgan fingerprint density at radius 2 is 1.93 bits per heavy atom. The maximum absolute atomic E-state index is 13.7. The number of alkyl halides is 2. The summed E-state index contributed by atoms with van der Waals surface area (Å²) in [4.78, 5) is 13.2. The van der Waals surface area contributed by atoms with Crippen molar-refractivity contribution in [1.82, 2.24) is 19.6 Å². The second kappa shape index (κ2) is 7.86. The molecule has 152 valence electrons. The molecule has 4 rings (SSSR count). The first-order valence-corrected chi connectivity index (χ1v) is 9.51. The molecule has 1 saturated carbocycles. The highest BCUT2D eigenvalue weighted by molar-refractivity contribution is 5.70. The van der Waals surface area contributed by atoms with Crippen LogP contribution in [0.25, 0.3) is 5.69 Å². The highest BCUT2D eigenvalue weighted by Gasteiger charge is 2.30. The summed E-state index contributed by atoms with van der Waals surface area (Å²) < 4.78 is 35.9. The van der Waals surface area contributed by atoms with Crippen molar-refractivity contribution in [3.63, 3.8) is 0 Å². The van der Waals surface area contributed by atoms with Gasteiger partial charge in [-0.3, -0.25) is 9.48 Å². The van der Waals surface area contributed by atoms with Gasteiger partial charge in [0.15, 0.2) is 5.69 Å². The molecule has 1 N–H and O–H groups in total. The first-order chi connectivity index (χ1) is 13.5. The van der Waals surface area contributed by atoms with Gasteiger partial charge in [-0.25, -0.2) is 13.5 Å². The van der Waals surface area contributed by atoms with Gasteiger partial charge < -0.3 is 14.7 Å². The lowest BCUT2D eigenvalue weighted by atomic mass is 9.86. The van der Waals surface area contributed by atoms with Gasteiger partial charge in [-0.15, -0.1) is 0 Å². The monoisotopic (exact) mass is 395 g/mol. The lowest BCUT2D eigenvalue weighted by Crippen LogP contribution is -2.37. The Morgan fingerprint density at radius 1 is 1.21 bits per heavy atom. The second-order valence-corrected chi connectivity index (χ2v) is 7.22. The zero-order chi connectivity index (χ0) is 19.7. The fraction of sp³-hybridized carbons (Fsp3) is 0.611. The second-order valence-electron chi connectivity index (χ2n) is 7.22. The van der Waals surface area contributed by atoms with E-state index in [0.29, 0.717) is 52.0 Å². The molecule has 0 bridgehead atoms. The summed E-state index contributed by atoms with van der Waals surface area (Å²) in [7, 11) is 0. The number of aliphatic carboxylic acids is 1. The number of carboxylic acids is 1. The van der Waals surface area contributed by atoms with Crippen LogP contribution in [-0.4, -0.2) is 56.9 Å². The van der Waals surface area contributed by atoms with Gasteiger partial charge in [-0.05, 0) is 25.7 Å². The fourth-order valence-electron chi connectivity index (χ4n) is 4.00. The van der Waals surface area contributed by atoms with Crippen LogP contribution in [-0.2, 0) is 9.53 Å². The van der Waals surface area contributed by atoms with E-state index in [4.69, 9.17) is 9.84 Å². The van der Waals surface area contributed by atoms with Crippen LogP contribution >= 0.6 is 0 Å². The summed E-state index contributed by atoms with van der Waals surface area (Å²) in [6.07, 6.45) is 2.75. The van der Waals surface area contributed by atoms with E-state index in [-0.39, 0.29) is 23.3 Å². The third-order valence-corrected chi connectivity index (χ3v) is 5.55. The number of morpholine rings is 1. The smallest absolute Gasteiger partial charge is 0.306 e. The molecule has 2 aromatic heterocycles. The lowest BCUT2D eigenvalue weighted by Gasteiger charge is -2.28. The molecule has 1 aliphatic carbocycles. The van der Waals surface area contributed by atoms with Gasteiger partial charge in [0, 0.05) is 19.2 Å². The summed E-state index contributed by atoms with van der Waals surface area (Å²) in [5, 5.41) is 17.6. The van der Waals surface area contributed by atoms with Crippen molar-refractivity contribution in [2.75, 3.05) is 31.2 Å². The number of ether oxygens (including phenoxy) is 1. The summed E-state index contributed by atoms with van der Waals surface area (Å²) in [5.41, 5.74) is -0.0413. The molecule has 0 atom stereocenters. The third kappa shape index (κ3) is 3.60. The number of anilines is 1. The van der Waals surface area contributed by atoms with Crippen molar-refractivity contribution in [1.29, 1.82) is 0 Å². The first kappa shape index (κ1) is 18.9. The fourth-order valence-corrected chi connectivity index (χ4v) is 4.00. The molecule has 0 radical (unpaired) electrons. The molecule has 1 saturated heterocycles. The average molecular weight is 395 g/mol. The molecule has 28 heavy (non-hydrogen) atoms. The molecule has 2 aliphatic rings. The molecule has 0 amide bonds. The van der Waals surface area contributed by atoms with Crippen molar-refractivity contribution in [3.05, 3.63) is 24.2 Å². The van der Waals surface area contributed by atoms with E-state index in [1.54, 1.807) is 23.1 Å². The Labute approximate surface area is 160 Å². The molecular formula is C18H23F2N5O3. The minimum absolute atomic E-state index is 0.0794. The van der Waals surface area contributed by atoms with Gasteiger partial charge in [-0.1, -0.05) is 0 Å². The molecule has 10 heteroatoms. The van der Waals surface area contributed by atoms with Gasteiger partial charge in [0.1, 0.15) is 11.5 Å². The number of rotatable bonds is 5. The van der Waals surface area contributed by atoms with E-state index in [9.17, 15) is 13.6 Å². The van der Waals surface area contributed by atoms with Crippen LogP contribution < -0.4 is 4.90 Å². The van der Waals surface area contributed by atoms with E-state index in [0.717, 1.165) is 5.82 Å². The number of hydrogen-bond acceptors (Lipinski definition) is 5. The van der Waals surface area contributed by atoms with Crippen LogP contribution in [0.5, 0.6) is 0 Å². The van der Waals surface area contributed by atoms with Crippen molar-refractivity contribution < 1.29 is 23.4 Å². The highest BCUT2D eigenvalue weighted by atomic mass is 19.3. The molecular weight excluding hydrogens is 372 g/mol. The van der Waals surface area contributed by atoms with E-state index in [1.165, 1.54) is 4.68 Å². The van der Waals surface area contributed by atoms with Crippen LogP contribution in [0.3, 0.4) is 0 Å². The zero-order valence-electron chi connectivity index (χ0n) is 15.4. The topological polar surface area (TPSA) is 85.4 Å². The van der Waals surface area contributed by atoms with Gasteiger partial charge >= 0.3 is 5.97 Å². The SMILES string of the molecule is O=C(O)C1CCC(n2cc(-n3nccc3N3CCOCC3)c(C(F)F)n2)CC1. The predicted molar refractivity (Wildman–Crippen MR) is 96.0 cm³/mol. The van der Waals surface area contributed by atoms with Gasteiger partial charge in [0.05, 0.1) is 37.6 Å². The van der Waals surface area contributed by atoms with Crippen molar-refractivity contribution in [2.24, 2.45) is 5.92 Å². The lowest BCUT2D eigenvalue weighted by molar-refractivity contribution is -0.143. The summed E-state index contributed by atoms with van der Waals surface area (Å²) in [6.45, 7) is 2.50. The number of aromatic nitrogens is 4. The highest BCUT2D eigenvalue weighted by Crippen LogP contribution is 2.35. The van der Waals surface area contributed by atoms with Crippen LogP contribution in [0.2, 0.25) is 0 Å². The van der Waals surface area contributed by atoms with Crippen LogP contribution in [0, 0.1) is 5.92 Å². The molecule has 8 nitrogen and oxygen atoms in total. The number of carboxylic acid groups (broad SMARTS) is 1. The predicted octanol–water partition coefficient (Wildman–Crippen LogP) is 2.66. The Bertz CT molecular complexity index is 823. The summed E-state index contributed by atoms with van der Waals surface area (Å²) in [6, 6.07) is 1.72. The Kier molecular flexibility index (Phi) is 5.29. The minimum Gasteiger partial charge on any atom is -0.481 e. The first-order valence-electron chi connectivity index (χ1n) is 9.51. The summed E-state index contributed by atoms with van der Waals surface area (Å²) in [5.74, 6) is -0.418. The number of carbonyl (C=O) groups is 1.